The Balaban J connectivity index is 1.35. The quantitative estimate of drug-likeness (QED) is 0.545. The summed E-state index contributed by atoms with van der Waals surface area (Å²) >= 11 is 0. The van der Waals surface area contributed by atoms with Crippen LogP contribution in [0.4, 0.5) is 24.8 Å². The van der Waals surface area contributed by atoms with Gasteiger partial charge in [0.25, 0.3) is 11.5 Å². The molecular weight excluding hydrogens is 465 g/mol. The average molecular weight is 490 g/mol. The number of rotatable bonds is 6. The summed E-state index contributed by atoms with van der Waals surface area (Å²) in [5, 5.41) is 7.96. The molecule has 35 heavy (non-hydrogen) atoms. The molecule has 0 saturated carbocycles. The van der Waals surface area contributed by atoms with E-state index in [2.05, 4.69) is 20.4 Å². The normalized spacial score (nSPS) is 15.2. The fourth-order valence-electron chi connectivity index (χ4n) is 3.94. The molecule has 1 fully saturated rings. The minimum absolute atomic E-state index is 0.119. The summed E-state index contributed by atoms with van der Waals surface area (Å²) in [6.07, 6.45) is 3.00. The van der Waals surface area contributed by atoms with Crippen LogP contribution in [-0.4, -0.2) is 67.8 Å². The van der Waals surface area contributed by atoms with Crippen LogP contribution >= 0.6 is 0 Å². The Kier molecular flexibility index (Phi) is 6.76. The van der Waals surface area contributed by atoms with Crippen molar-refractivity contribution in [1.29, 1.82) is 0 Å². The van der Waals surface area contributed by atoms with Gasteiger partial charge in [0.1, 0.15) is 5.56 Å². The summed E-state index contributed by atoms with van der Waals surface area (Å²) in [5.74, 6) is 0.520. The number of anilines is 2. The van der Waals surface area contributed by atoms with E-state index in [1.807, 2.05) is 16.9 Å². The van der Waals surface area contributed by atoms with Crippen LogP contribution in [0.25, 0.3) is 0 Å². The first-order valence-electron chi connectivity index (χ1n) is 11.0. The van der Waals surface area contributed by atoms with E-state index in [9.17, 15) is 22.8 Å². The maximum absolute atomic E-state index is 13.2. The molecule has 10 nitrogen and oxygen atoms in total. The van der Waals surface area contributed by atoms with E-state index in [-0.39, 0.29) is 12.5 Å². The lowest BCUT2D eigenvalue weighted by molar-refractivity contribution is -0.138. The van der Waals surface area contributed by atoms with Gasteiger partial charge in [-0.05, 0) is 25.5 Å². The van der Waals surface area contributed by atoms with Gasteiger partial charge in [0, 0.05) is 63.6 Å². The first-order valence-corrected chi connectivity index (χ1v) is 11.0. The monoisotopic (exact) mass is 490 g/mol. The molecule has 3 aromatic rings. The van der Waals surface area contributed by atoms with Gasteiger partial charge in [-0.3, -0.25) is 9.59 Å². The molecule has 1 unspecified atom stereocenters. The molecule has 1 amide bonds. The van der Waals surface area contributed by atoms with Gasteiger partial charge in [0.15, 0.2) is 0 Å². The number of amides is 1. The number of aromatic amines is 1. The summed E-state index contributed by atoms with van der Waals surface area (Å²) in [5.41, 5.74) is -1.55. The van der Waals surface area contributed by atoms with E-state index in [0.717, 1.165) is 11.8 Å². The predicted molar refractivity (Wildman–Crippen MR) is 122 cm³/mol. The van der Waals surface area contributed by atoms with Crippen molar-refractivity contribution in [3.8, 4) is 0 Å². The van der Waals surface area contributed by atoms with Crippen LogP contribution in [0.3, 0.4) is 0 Å². The van der Waals surface area contributed by atoms with Gasteiger partial charge in [-0.2, -0.15) is 18.3 Å². The lowest BCUT2D eigenvalue weighted by Crippen LogP contribution is -2.49. The van der Waals surface area contributed by atoms with Crippen molar-refractivity contribution >= 4 is 17.5 Å². The molecular formula is C22H25F3N8O2. The Hall–Kier alpha value is -3.90. The van der Waals surface area contributed by atoms with Gasteiger partial charge >= 0.3 is 6.18 Å². The number of halogens is 3. The number of piperazine rings is 1. The number of H-pyrrole nitrogens is 1. The standard InChI is InChI=1S/C22H25F3N8O2/c1-14-9-26-21(27-10-14)33-7-5-32(6-8-33)20(35)16-3-4-31(13-16)12-15(2)29-17-11-28-30-19(34)18(17)22(23,24)25/h3-4,9-11,13,15H,5-8,12H2,1-2H3,(H2,29,30,34). The summed E-state index contributed by atoms with van der Waals surface area (Å²) < 4.78 is 41.5. The topological polar surface area (TPSA) is 112 Å². The summed E-state index contributed by atoms with van der Waals surface area (Å²) in [7, 11) is 0. The van der Waals surface area contributed by atoms with Crippen molar-refractivity contribution in [2.45, 2.75) is 32.6 Å². The molecule has 0 radical (unpaired) electrons. The van der Waals surface area contributed by atoms with Crippen LogP contribution < -0.4 is 15.8 Å². The molecule has 1 saturated heterocycles. The molecule has 0 bridgehead atoms. The summed E-state index contributed by atoms with van der Waals surface area (Å²) in [4.78, 5) is 37.0. The second kappa shape index (κ2) is 9.76. The Morgan fingerprint density at radius 1 is 1.17 bits per heavy atom. The number of aryl methyl sites for hydroxylation is 1. The van der Waals surface area contributed by atoms with Gasteiger partial charge in [-0.1, -0.05) is 0 Å². The van der Waals surface area contributed by atoms with E-state index in [0.29, 0.717) is 37.7 Å². The predicted octanol–water partition coefficient (Wildman–Crippen LogP) is 2.15. The first-order chi connectivity index (χ1) is 16.6. The molecule has 0 aliphatic carbocycles. The van der Waals surface area contributed by atoms with Crippen LogP contribution in [0.5, 0.6) is 0 Å². The molecule has 4 rings (SSSR count). The maximum atomic E-state index is 13.2. The van der Waals surface area contributed by atoms with Gasteiger partial charge in [-0.15, -0.1) is 0 Å². The van der Waals surface area contributed by atoms with Crippen LogP contribution in [-0.2, 0) is 12.7 Å². The molecule has 186 valence electrons. The van der Waals surface area contributed by atoms with Crippen molar-refractivity contribution in [3.63, 3.8) is 0 Å². The highest BCUT2D eigenvalue weighted by molar-refractivity contribution is 5.94. The van der Waals surface area contributed by atoms with Gasteiger partial charge in [0.05, 0.1) is 17.4 Å². The maximum Gasteiger partial charge on any atom is 0.423 e. The number of nitrogens with one attached hydrogen (secondary N) is 2. The molecule has 2 N–H and O–H groups in total. The summed E-state index contributed by atoms with van der Waals surface area (Å²) in [6.45, 7) is 6.14. The number of aromatic nitrogens is 5. The lowest BCUT2D eigenvalue weighted by atomic mass is 10.2. The third-order valence-corrected chi connectivity index (χ3v) is 5.64. The number of carbonyl (C=O) groups excluding carboxylic acids is 1. The third-order valence-electron chi connectivity index (χ3n) is 5.64. The molecule has 1 aliphatic rings. The highest BCUT2D eigenvalue weighted by atomic mass is 19.4. The van der Waals surface area contributed by atoms with Crippen LogP contribution in [0.1, 0.15) is 28.4 Å². The fourth-order valence-corrected chi connectivity index (χ4v) is 3.94. The van der Waals surface area contributed by atoms with Crippen LogP contribution in [0.2, 0.25) is 0 Å². The Morgan fingerprint density at radius 3 is 2.51 bits per heavy atom. The lowest BCUT2D eigenvalue weighted by Gasteiger charge is -2.34. The first kappa shape index (κ1) is 24.2. The number of carbonyl (C=O) groups is 1. The van der Waals surface area contributed by atoms with E-state index in [1.165, 1.54) is 0 Å². The minimum Gasteiger partial charge on any atom is -0.379 e. The van der Waals surface area contributed by atoms with Gasteiger partial charge in [0.2, 0.25) is 5.95 Å². The molecule has 1 aliphatic heterocycles. The zero-order valence-corrected chi connectivity index (χ0v) is 19.2. The van der Waals surface area contributed by atoms with E-state index in [4.69, 9.17) is 0 Å². The second-order valence-corrected chi connectivity index (χ2v) is 8.47. The Labute approximate surface area is 198 Å². The molecule has 1 atom stereocenters. The smallest absolute Gasteiger partial charge is 0.379 e. The highest BCUT2D eigenvalue weighted by Gasteiger charge is 2.37. The fraction of sp³-hybridized carbons (Fsp3) is 0.409. The average Bonchev–Trinajstić information content (AvgIpc) is 3.26. The van der Waals surface area contributed by atoms with E-state index in [1.54, 1.807) is 47.2 Å². The van der Waals surface area contributed by atoms with Crippen molar-refractivity contribution in [2.24, 2.45) is 0 Å². The van der Waals surface area contributed by atoms with Crippen LogP contribution in [0.15, 0.2) is 41.8 Å². The number of hydrogen-bond donors (Lipinski definition) is 2. The molecule has 0 aromatic carbocycles. The molecule has 0 spiro atoms. The van der Waals surface area contributed by atoms with Gasteiger partial charge < -0.3 is 19.7 Å². The van der Waals surface area contributed by atoms with Crippen LogP contribution in [0, 0.1) is 6.92 Å². The van der Waals surface area contributed by atoms with E-state index < -0.39 is 29.0 Å². The number of alkyl halides is 3. The molecule has 4 heterocycles. The Bertz CT molecular complexity index is 1230. The van der Waals surface area contributed by atoms with E-state index >= 15 is 0 Å². The minimum atomic E-state index is -4.82. The van der Waals surface area contributed by atoms with Gasteiger partial charge in [-0.25, -0.2) is 15.1 Å². The number of hydrogen-bond acceptors (Lipinski definition) is 7. The SMILES string of the molecule is Cc1cnc(N2CCN(C(=O)c3ccn(CC(C)Nc4cn[nH]c(=O)c4C(F)(F)F)c3)CC2)nc1. The number of nitrogens with zero attached hydrogens (tertiary/aromatic N) is 6. The largest absolute Gasteiger partial charge is 0.423 e. The van der Waals surface area contributed by atoms with Crippen molar-refractivity contribution in [2.75, 3.05) is 36.4 Å². The highest BCUT2D eigenvalue weighted by Crippen LogP contribution is 2.31. The van der Waals surface area contributed by atoms with Crippen molar-refractivity contribution in [3.05, 3.63) is 64.1 Å². The van der Waals surface area contributed by atoms with Crippen molar-refractivity contribution < 1.29 is 18.0 Å². The van der Waals surface area contributed by atoms with Crippen molar-refractivity contribution in [1.82, 2.24) is 29.6 Å². The third kappa shape index (κ3) is 5.61. The molecule has 13 heteroatoms. The zero-order chi connectivity index (χ0) is 25.2. The summed E-state index contributed by atoms with van der Waals surface area (Å²) in [6, 6.07) is 1.20. The molecule has 3 aromatic heterocycles. The Morgan fingerprint density at radius 2 is 1.86 bits per heavy atom. The zero-order valence-electron chi connectivity index (χ0n) is 19.2. The second-order valence-electron chi connectivity index (χ2n) is 8.47.